The van der Waals surface area contributed by atoms with Gasteiger partial charge in [0.05, 0.1) is 0 Å². The van der Waals surface area contributed by atoms with Crippen LogP contribution in [0.2, 0.25) is 0 Å². The number of fused-ring (bicyclic) bond motifs is 1. The fraction of sp³-hybridized carbons (Fsp3) is 0.273. The fourth-order valence-corrected chi connectivity index (χ4v) is 1.96. The van der Waals surface area contributed by atoms with Gasteiger partial charge in [0.15, 0.2) is 0 Å². The van der Waals surface area contributed by atoms with E-state index in [1.807, 2.05) is 0 Å². The number of nitrogens with one attached hydrogen (secondary N) is 1. The number of thiol groups is 1. The maximum Gasteiger partial charge on any atom is 0.0497 e. The summed E-state index contributed by atoms with van der Waals surface area (Å²) in [7, 11) is 0. The summed E-state index contributed by atoms with van der Waals surface area (Å²) >= 11 is 4.30. The van der Waals surface area contributed by atoms with Crippen molar-refractivity contribution < 1.29 is 0 Å². The number of H-pyrrole nitrogens is 1. The van der Waals surface area contributed by atoms with Crippen LogP contribution in [0.5, 0.6) is 0 Å². The van der Waals surface area contributed by atoms with Crippen molar-refractivity contribution in [1.82, 2.24) is 4.98 Å². The van der Waals surface area contributed by atoms with E-state index < -0.39 is 0 Å². The Morgan fingerprint density at radius 2 is 2.15 bits per heavy atom. The van der Waals surface area contributed by atoms with Crippen molar-refractivity contribution in [2.45, 2.75) is 19.1 Å². The van der Waals surface area contributed by atoms with Crippen LogP contribution in [0, 0.1) is 0 Å². The molecule has 2 rings (SSSR count). The molecule has 1 nitrogen and oxygen atoms in total. The predicted octanol–water partition coefficient (Wildman–Crippen LogP) is 3.16. The monoisotopic (exact) mass is 191 g/mol. The lowest BCUT2D eigenvalue weighted by Gasteiger charge is -1.98. The smallest absolute Gasteiger partial charge is 0.0497 e. The Kier molecular flexibility index (Phi) is 2.32. The number of aromatic nitrogens is 1. The SMILES string of the molecule is CCc1c[nH]c2c(CS)cccc12. The average molecular weight is 191 g/mol. The summed E-state index contributed by atoms with van der Waals surface area (Å²) in [6.07, 6.45) is 3.17. The molecular weight excluding hydrogens is 178 g/mol. The van der Waals surface area contributed by atoms with E-state index in [2.05, 4.69) is 48.9 Å². The van der Waals surface area contributed by atoms with Gasteiger partial charge in [0.2, 0.25) is 0 Å². The van der Waals surface area contributed by atoms with Crippen molar-refractivity contribution in [3.8, 4) is 0 Å². The van der Waals surface area contributed by atoms with Gasteiger partial charge in [-0.15, -0.1) is 0 Å². The molecule has 0 saturated carbocycles. The third-order valence-electron chi connectivity index (χ3n) is 2.44. The maximum atomic E-state index is 4.30. The first-order valence-electron chi connectivity index (χ1n) is 4.55. The van der Waals surface area contributed by atoms with Gasteiger partial charge in [-0.05, 0) is 17.5 Å². The van der Waals surface area contributed by atoms with Crippen LogP contribution in [-0.4, -0.2) is 4.98 Å². The van der Waals surface area contributed by atoms with E-state index in [9.17, 15) is 0 Å². The molecule has 1 N–H and O–H groups in total. The highest BCUT2D eigenvalue weighted by Gasteiger charge is 2.03. The number of benzene rings is 1. The lowest BCUT2D eigenvalue weighted by molar-refractivity contribution is 1.15. The quantitative estimate of drug-likeness (QED) is 0.678. The lowest BCUT2D eigenvalue weighted by Crippen LogP contribution is -1.80. The molecule has 0 aliphatic heterocycles. The van der Waals surface area contributed by atoms with Gasteiger partial charge in [0, 0.05) is 22.9 Å². The van der Waals surface area contributed by atoms with E-state index in [1.165, 1.54) is 22.0 Å². The van der Waals surface area contributed by atoms with E-state index in [4.69, 9.17) is 0 Å². The highest BCUT2D eigenvalue weighted by molar-refractivity contribution is 7.79. The highest BCUT2D eigenvalue weighted by atomic mass is 32.1. The largest absolute Gasteiger partial charge is 0.361 e. The van der Waals surface area contributed by atoms with Gasteiger partial charge in [-0.3, -0.25) is 0 Å². The maximum absolute atomic E-state index is 4.30. The molecule has 0 aliphatic carbocycles. The van der Waals surface area contributed by atoms with E-state index >= 15 is 0 Å². The minimum atomic E-state index is 0.793. The standard InChI is InChI=1S/C11H13NS/c1-2-8-6-12-11-9(7-13)4-3-5-10(8)11/h3-6,12-13H,2,7H2,1H3. The Balaban J connectivity index is 2.72. The second-order valence-corrected chi connectivity index (χ2v) is 3.48. The summed E-state index contributed by atoms with van der Waals surface area (Å²) in [5.74, 6) is 0.793. The molecule has 0 fully saturated rings. The van der Waals surface area contributed by atoms with Gasteiger partial charge in [-0.1, -0.05) is 25.1 Å². The van der Waals surface area contributed by atoms with Crippen molar-refractivity contribution in [3.63, 3.8) is 0 Å². The Labute approximate surface area is 83.6 Å². The van der Waals surface area contributed by atoms with Gasteiger partial charge >= 0.3 is 0 Å². The van der Waals surface area contributed by atoms with Crippen LogP contribution in [0.25, 0.3) is 10.9 Å². The zero-order valence-corrected chi connectivity index (χ0v) is 8.57. The van der Waals surface area contributed by atoms with E-state index in [-0.39, 0.29) is 0 Å². The Morgan fingerprint density at radius 1 is 1.31 bits per heavy atom. The summed E-state index contributed by atoms with van der Waals surface area (Å²) in [6.45, 7) is 2.18. The number of para-hydroxylation sites is 1. The third kappa shape index (κ3) is 1.35. The van der Waals surface area contributed by atoms with Crippen LogP contribution in [-0.2, 0) is 12.2 Å². The first-order valence-corrected chi connectivity index (χ1v) is 5.18. The van der Waals surface area contributed by atoms with Crippen molar-refractivity contribution >= 4 is 23.5 Å². The third-order valence-corrected chi connectivity index (χ3v) is 2.78. The van der Waals surface area contributed by atoms with E-state index in [0.717, 1.165) is 12.2 Å². The van der Waals surface area contributed by atoms with Crippen molar-refractivity contribution in [2.75, 3.05) is 0 Å². The Hall–Kier alpha value is -0.890. The van der Waals surface area contributed by atoms with Crippen molar-refractivity contribution in [3.05, 3.63) is 35.5 Å². The molecule has 0 aliphatic rings. The van der Waals surface area contributed by atoms with Crippen LogP contribution in [0.3, 0.4) is 0 Å². The molecular formula is C11H13NS. The zero-order valence-electron chi connectivity index (χ0n) is 7.67. The number of hydrogen-bond donors (Lipinski definition) is 2. The molecule has 1 heterocycles. The second kappa shape index (κ2) is 3.46. The molecule has 2 aromatic rings. The van der Waals surface area contributed by atoms with Crippen LogP contribution in [0.15, 0.2) is 24.4 Å². The van der Waals surface area contributed by atoms with Crippen molar-refractivity contribution in [2.24, 2.45) is 0 Å². The van der Waals surface area contributed by atoms with Crippen LogP contribution < -0.4 is 0 Å². The summed E-state index contributed by atoms with van der Waals surface area (Å²) in [5, 5.41) is 1.34. The Bertz CT molecular complexity index is 417. The molecule has 0 atom stereocenters. The average Bonchev–Trinajstić information content (AvgIpc) is 2.60. The fourth-order valence-electron chi connectivity index (χ4n) is 1.70. The molecule has 0 amide bonds. The molecule has 13 heavy (non-hydrogen) atoms. The molecule has 0 saturated heterocycles. The summed E-state index contributed by atoms with van der Waals surface area (Å²) < 4.78 is 0. The summed E-state index contributed by atoms with van der Waals surface area (Å²) in [5.41, 5.74) is 3.91. The molecule has 1 aromatic heterocycles. The Morgan fingerprint density at radius 3 is 2.85 bits per heavy atom. The van der Waals surface area contributed by atoms with Crippen molar-refractivity contribution in [1.29, 1.82) is 0 Å². The molecule has 68 valence electrons. The predicted molar refractivity (Wildman–Crippen MR) is 60.4 cm³/mol. The van der Waals surface area contributed by atoms with Gasteiger partial charge in [-0.25, -0.2) is 0 Å². The lowest BCUT2D eigenvalue weighted by atomic mass is 10.1. The molecule has 0 radical (unpaired) electrons. The number of hydrogen-bond acceptors (Lipinski definition) is 1. The zero-order chi connectivity index (χ0) is 9.26. The first kappa shape index (κ1) is 8.70. The van der Waals surface area contributed by atoms with Gasteiger partial charge in [0.25, 0.3) is 0 Å². The van der Waals surface area contributed by atoms with E-state index in [1.54, 1.807) is 0 Å². The molecule has 2 heteroatoms. The van der Waals surface area contributed by atoms with Crippen LogP contribution >= 0.6 is 12.6 Å². The number of aryl methyl sites for hydroxylation is 1. The summed E-state index contributed by atoms with van der Waals surface area (Å²) in [6, 6.07) is 6.38. The van der Waals surface area contributed by atoms with Crippen LogP contribution in [0.1, 0.15) is 18.1 Å². The van der Waals surface area contributed by atoms with Gasteiger partial charge < -0.3 is 4.98 Å². The number of rotatable bonds is 2. The normalized spacial score (nSPS) is 10.9. The minimum absolute atomic E-state index is 0.793. The molecule has 0 spiro atoms. The minimum Gasteiger partial charge on any atom is -0.361 e. The highest BCUT2D eigenvalue weighted by Crippen LogP contribution is 2.22. The molecule has 0 unspecified atom stereocenters. The number of aromatic amines is 1. The van der Waals surface area contributed by atoms with Gasteiger partial charge in [-0.2, -0.15) is 12.6 Å². The summed E-state index contributed by atoms with van der Waals surface area (Å²) in [4.78, 5) is 3.31. The molecule has 1 aromatic carbocycles. The topological polar surface area (TPSA) is 15.8 Å². The van der Waals surface area contributed by atoms with Gasteiger partial charge in [0.1, 0.15) is 0 Å². The first-order chi connectivity index (χ1) is 6.36. The second-order valence-electron chi connectivity index (χ2n) is 3.17. The van der Waals surface area contributed by atoms with Crippen LogP contribution in [0.4, 0.5) is 0 Å². The van der Waals surface area contributed by atoms with E-state index in [0.29, 0.717) is 0 Å². The molecule has 0 bridgehead atoms.